The number of benzene rings is 1. The summed E-state index contributed by atoms with van der Waals surface area (Å²) in [4.78, 5) is 27.5. The summed E-state index contributed by atoms with van der Waals surface area (Å²) in [5.74, 6) is -0.798. The van der Waals surface area contributed by atoms with Gasteiger partial charge in [-0.3, -0.25) is 9.59 Å². The zero-order chi connectivity index (χ0) is 18.4. The van der Waals surface area contributed by atoms with Gasteiger partial charge in [0.1, 0.15) is 11.6 Å². The Morgan fingerprint density at radius 1 is 1.32 bits per heavy atom. The summed E-state index contributed by atoms with van der Waals surface area (Å²) < 4.78 is 0. The SMILES string of the molecule is CN1CCC(N(C)C(=O)/C(C#N)=C\Nc2ccc(C(N)=O)cc2)CC1. The Balaban J connectivity index is 2.02. The molecule has 2 amide bonds. The molecule has 0 radical (unpaired) electrons. The Kier molecular flexibility index (Phi) is 6.14. The largest absolute Gasteiger partial charge is 0.366 e. The van der Waals surface area contributed by atoms with Crippen LogP contribution in [0.5, 0.6) is 0 Å². The van der Waals surface area contributed by atoms with Crippen molar-refractivity contribution < 1.29 is 9.59 Å². The number of nitriles is 1. The Labute approximate surface area is 147 Å². The minimum absolute atomic E-state index is 0.0420. The van der Waals surface area contributed by atoms with Crippen LogP contribution in [-0.2, 0) is 4.79 Å². The first-order valence-electron chi connectivity index (χ1n) is 8.14. The topological polar surface area (TPSA) is 102 Å². The number of amides is 2. The number of likely N-dealkylation sites (N-methyl/N-ethyl adjacent to an activating group) is 1. The first kappa shape index (κ1) is 18.5. The zero-order valence-corrected chi connectivity index (χ0v) is 14.5. The highest BCUT2D eigenvalue weighted by molar-refractivity contribution is 5.97. The van der Waals surface area contributed by atoms with Crippen LogP contribution in [-0.4, -0.2) is 54.8 Å². The Morgan fingerprint density at radius 2 is 1.92 bits per heavy atom. The second-order valence-electron chi connectivity index (χ2n) is 6.21. The number of nitrogens with one attached hydrogen (secondary N) is 1. The monoisotopic (exact) mass is 341 g/mol. The van der Waals surface area contributed by atoms with Crippen molar-refractivity contribution in [2.45, 2.75) is 18.9 Å². The van der Waals surface area contributed by atoms with E-state index in [0.717, 1.165) is 25.9 Å². The number of likely N-dealkylation sites (tertiary alicyclic amines) is 1. The molecule has 7 heteroatoms. The van der Waals surface area contributed by atoms with E-state index >= 15 is 0 Å². The molecule has 1 aromatic carbocycles. The van der Waals surface area contributed by atoms with Gasteiger partial charge in [-0.25, -0.2) is 0 Å². The van der Waals surface area contributed by atoms with Gasteiger partial charge in [-0.05, 0) is 57.2 Å². The minimum Gasteiger partial charge on any atom is -0.366 e. The molecule has 0 saturated carbocycles. The molecule has 1 aromatic rings. The van der Waals surface area contributed by atoms with Gasteiger partial charge in [-0.1, -0.05) is 0 Å². The van der Waals surface area contributed by atoms with E-state index in [-0.39, 0.29) is 17.5 Å². The fourth-order valence-corrected chi connectivity index (χ4v) is 2.77. The summed E-state index contributed by atoms with van der Waals surface area (Å²) in [6, 6.07) is 8.59. The second-order valence-corrected chi connectivity index (χ2v) is 6.21. The molecule has 2 rings (SSSR count). The quantitative estimate of drug-likeness (QED) is 0.618. The molecule has 0 aromatic heterocycles. The van der Waals surface area contributed by atoms with Crippen molar-refractivity contribution in [2.75, 3.05) is 32.5 Å². The zero-order valence-electron chi connectivity index (χ0n) is 14.5. The number of nitrogens with zero attached hydrogens (tertiary/aromatic N) is 3. The number of hydrogen-bond acceptors (Lipinski definition) is 5. The number of rotatable bonds is 5. The summed E-state index contributed by atoms with van der Waals surface area (Å²) in [6.45, 7) is 1.89. The predicted octanol–water partition coefficient (Wildman–Crippen LogP) is 1.16. The summed E-state index contributed by atoms with van der Waals surface area (Å²) in [5, 5.41) is 12.2. The van der Waals surface area contributed by atoms with E-state index in [9.17, 15) is 14.9 Å². The summed E-state index contributed by atoms with van der Waals surface area (Å²) >= 11 is 0. The average Bonchev–Trinajstić information content (AvgIpc) is 2.62. The predicted molar refractivity (Wildman–Crippen MR) is 95.6 cm³/mol. The van der Waals surface area contributed by atoms with E-state index in [1.165, 1.54) is 6.20 Å². The smallest absolute Gasteiger partial charge is 0.266 e. The highest BCUT2D eigenvalue weighted by Gasteiger charge is 2.25. The van der Waals surface area contributed by atoms with Gasteiger partial charge in [0.25, 0.3) is 5.91 Å². The van der Waals surface area contributed by atoms with E-state index in [1.807, 2.05) is 6.07 Å². The summed E-state index contributed by atoms with van der Waals surface area (Å²) in [5.41, 5.74) is 6.29. The molecule has 1 aliphatic heterocycles. The Hall–Kier alpha value is -2.85. The fourth-order valence-electron chi connectivity index (χ4n) is 2.77. The molecule has 25 heavy (non-hydrogen) atoms. The summed E-state index contributed by atoms with van der Waals surface area (Å²) in [7, 11) is 3.80. The molecular formula is C18H23N5O2. The second kappa shape index (κ2) is 8.31. The lowest BCUT2D eigenvalue weighted by Crippen LogP contribution is -2.44. The molecule has 0 aliphatic carbocycles. The lowest BCUT2D eigenvalue weighted by atomic mass is 10.0. The summed E-state index contributed by atoms with van der Waals surface area (Å²) in [6.07, 6.45) is 3.20. The molecule has 0 atom stereocenters. The van der Waals surface area contributed by atoms with Crippen LogP contribution in [0.25, 0.3) is 0 Å². The first-order valence-corrected chi connectivity index (χ1v) is 8.14. The van der Waals surface area contributed by atoms with Gasteiger partial charge < -0.3 is 20.9 Å². The number of carbonyl (C=O) groups excluding carboxylic acids is 2. The number of hydrogen-bond donors (Lipinski definition) is 2. The lowest BCUT2D eigenvalue weighted by Gasteiger charge is -2.34. The van der Waals surface area contributed by atoms with Gasteiger partial charge in [-0.2, -0.15) is 5.26 Å². The van der Waals surface area contributed by atoms with E-state index in [4.69, 9.17) is 5.73 Å². The molecule has 1 aliphatic rings. The van der Waals surface area contributed by atoms with Crippen LogP contribution in [0.4, 0.5) is 5.69 Å². The first-order chi connectivity index (χ1) is 11.9. The molecule has 1 saturated heterocycles. The average molecular weight is 341 g/mol. The molecule has 0 spiro atoms. The van der Waals surface area contributed by atoms with Crippen LogP contribution in [0.3, 0.4) is 0 Å². The Bertz CT molecular complexity index is 697. The Morgan fingerprint density at radius 3 is 2.44 bits per heavy atom. The van der Waals surface area contributed by atoms with Gasteiger partial charge in [0.2, 0.25) is 5.91 Å². The molecule has 7 nitrogen and oxygen atoms in total. The van der Waals surface area contributed by atoms with Gasteiger partial charge in [0, 0.05) is 30.5 Å². The maximum atomic E-state index is 12.5. The number of primary amides is 1. The number of nitrogens with two attached hydrogens (primary N) is 1. The van der Waals surface area contributed by atoms with Crippen LogP contribution < -0.4 is 11.1 Å². The molecule has 1 fully saturated rings. The van der Waals surface area contributed by atoms with Crippen molar-refractivity contribution in [1.82, 2.24) is 9.80 Å². The van der Waals surface area contributed by atoms with Gasteiger partial charge in [0.05, 0.1) is 0 Å². The van der Waals surface area contributed by atoms with E-state index in [1.54, 1.807) is 36.2 Å². The van der Waals surface area contributed by atoms with Crippen LogP contribution in [0.2, 0.25) is 0 Å². The van der Waals surface area contributed by atoms with Crippen molar-refractivity contribution in [1.29, 1.82) is 5.26 Å². The van der Waals surface area contributed by atoms with Gasteiger partial charge in [0.15, 0.2) is 0 Å². The normalized spacial score (nSPS) is 16.1. The van der Waals surface area contributed by atoms with Crippen molar-refractivity contribution in [3.05, 3.63) is 41.6 Å². The van der Waals surface area contributed by atoms with Crippen molar-refractivity contribution >= 4 is 17.5 Å². The number of anilines is 1. The molecule has 0 bridgehead atoms. The molecular weight excluding hydrogens is 318 g/mol. The fraction of sp³-hybridized carbons (Fsp3) is 0.389. The molecule has 1 heterocycles. The van der Waals surface area contributed by atoms with Gasteiger partial charge >= 0.3 is 0 Å². The third-order valence-corrected chi connectivity index (χ3v) is 4.46. The van der Waals surface area contributed by atoms with Crippen LogP contribution in [0.1, 0.15) is 23.2 Å². The maximum Gasteiger partial charge on any atom is 0.266 e. The number of piperidine rings is 1. The molecule has 0 unspecified atom stereocenters. The van der Waals surface area contributed by atoms with Crippen LogP contribution >= 0.6 is 0 Å². The van der Waals surface area contributed by atoms with Crippen LogP contribution in [0, 0.1) is 11.3 Å². The maximum absolute atomic E-state index is 12.5. The third-order valence-electron chi connectivity index (χ3n) is 4.46. The van der Waals surface area contributed by atoms with Crippen molar-refractivity contribution in [3.63, 3.8) is 0 Å². The van der Waals surface area contributed by atoms with Gasteiger partial charge in [-0.15, -0.1) is 0 Å². The lowest BCUT2D eigenvalue weighted by molar-refractivity contribution is -0.128. The standard InChI is InChI=1S/C18H23N5O2/c1-22-9-7-16(8-10-22)23(2)18(25)14(11-19)12-21-15-5-3-13(4-6-15)17(20)24/h3-6,12,16,21H,7-10H2,1-2H3,(H2,20,24)/b14-12-. The highest BCUT2D eigenvalue weighted by atomic mass is 16.2. The van der Waals surface area contributed by atoms with Crippen LogP contribution in [0.15, 0.2) is 36.0 Å². The number of carbonyl (C=O) groups is 2. The van der Waals surface area contributed by atoms with Crippen molar-refractivity contribution in [2.24, 2.45) is 5.73 Å². The highest BCUT2D eigenvalue weighted by Crippen LogP contribution is 2.16. The van der Waals surface area contributed by atoms with E-state index in [0.29, 0.717) is 11.3 Å². The minimum atomic E-state index is -0.505. The van der Waals surface area contributed by atoms with E-state index in [2.05, 4.69) is 17.3 Å². The third kappa shape index (κ3) is 4.81. The molecule has 132 valence electrons. The van der Waals surface area contributed by atoms with E-state index < -0.39 is 5.91 Å². The van der Waals surface area contributed by atoms with Crippen molar-refractivity contribution in [3.8, 4) is 6.07 Å². The molecule has 3 N–H and O–H groups in total.